The number of hydrogen-bond acceptors (Lipinski definition) is 4. The van der Waals surface area contributed by atoms with Crippen LogP contribution in [0.15, 0.2) is 10.3 Å². The Morgan fingerprint density at radius 3 is 2.58 bits per heavy atom. The Kier molecular flexibility index (Phi) is 6.26. The predicted molar refractivity (Wildman–Crippen MR) is 79.5 cm³/mol. The van der Waals surface area contributed by atoms with Crippen molar-refractivity contribution in [3.63, 3.8) is 0 Å². The van der Waals surface area contributed by atoms with Gasteiger partial charge in [0.25, 0.3) is 10.0 Å². The van der Waals surface area contributed by atoms with E-state index in [1.54, 1.807) is 13.2 Å². The van der Waals surface area contributed by atoms with Gasteiger partial charge in [-0.15, -0.1) is 22.9 Å². The molecule has 0 radical (unpaired) electrons. The highest BCUT2D eigenvalue weighted by Crippen LogP contribution is 2.30. The largest absolute Gasteiger partial charge is 0.383 e. The first kappa shape index (κ1) is 16.9. The first-order valence-electron chi connectivity index (χ1n) is 6.04. The van der Waals surface area contributed by atoms with Crippen LogP contribution in [-0.4, -0.2) is 39.0 Å². The molecule has 1 aromatic rings. The van der Waals surface area contributed by atoms with Gasteiger partial charge in [0.2, 0.25) is 0 Å². The molecular weight excluding hydrogens is 306 g/mol. The average Bonchev–Trinajstić information content (AvgIpc) is 2.72. The Bertz CT molecular complexity index is 513. The average molecular weight is 326 g/mol. The highest BCUT2D eigenvalue weighted by atomic mass is 35.5. The molecule has 0 saturated carbocycles. The molecule has 0 aliphatic rings. The second-order valence-corrected chi connectivity index (χ2v) is 7.84. The van der Waals surface area contributed by atoms with Crippen LogP contribution in [-0.2, 0) is 20.6 Å². The van der Waals surface area contributed by atoms with Crippen molar-refractivity contribution < 1.29 is 13.2 Å². The topological polar surface area (TPSA) is 46.6 Å². The van der Waals surface area contributed by atoms with Gasteiger partial charge < -0.3 is 4.74 Å². The fourth-order valence-corrected chi connectivity index (χ4v) is 5.48. The zero-order chi connectivity index (χ0) is 14.6. The Balaban J connectivity index is 3.12. The van der Waals surface area contributed by atoms with E-state index in [0.717, 1.165) is 10.4 Å². The maximum atomic E-state index is 12.6. The van der Waals surface area contributed by atoms with E-state index in [1.165, 1.54) is 15.6 Å². The Morgan fingerprint density at radius 1 is 1.53 bits per heavy atom. The number of halogens is 1. The molecule has 0 aromatic carbocycles. The molecule has 7 heteroatoms. The quantitative estimate of drug-likeness (QED) is 0.724. The van der Waals surface area contributed by atoms with E-state index >= 15 is 0 Å². The molecule has 0 aliphatic carbocycles. The van der Waals surface area contributed by atoms with E-state index in [-0.39, 0.29) is 6.04 Å². The highest BCUT2D eigenvalue weighted by Gasteiger charge is 2.29. The minimum Gasteiger partial charge on any atom is -0.383 e. The smallest absolute Gasteiger partial charge is 0.252 e. The van der Waals surface area contributed by atoms with E-state index in [2.05, 4.69) is 0 Å². The molecule has 0 fully saturated rings. The predicted octanol–water partition coefficient (Wildman–Crippen LogP) is 2.84. The summed E-state index contributed by atoms with van der Waals surface area (Å²) in [5.41, 5.74) is 0.925. The van der Waals surface area contributed by atoms with Gasteiger partial charge in [0.05, 0.1) is 12.5 Å². The molecule has 19 heavy (non-hydrogen) atoms. The molecule has 0 bridgehead atoms. The van der Waals surface area contributed by atoms with Crippen LogP contribution in [0.2, 0.25) is 0 Å². The number of aryl methyl sites for hydroxylation is 1. The molecule has 0 saturated heterocycles. The van der Waals surface area contributed by atoms with Gasteiger partial charge in [-0.1, -0.05) is 6.92 Å². The minimum absolute atomic E-state index is 0.193. The molecule has 1 atom stereocenters. The van der Waals surface area contributed by atoms with Gasteiger partial charge in [-0.05, 0) is 25.5 Å². The summed E-state index contributed by atoms with van der Waals surface area (Å²) in [5.74, 6) is 0.339. The third-order valence-corrected chi connectivity index (χ3v) is 7.09. The van der Waals surface area contributed by atoms with Crippen LogP contribution < -0.4 is 0 Å². The monoisotopic (exact) mass is 325 g/mol. The van der Waals surface area contributed by atoms with Gasteiger partial charge >= 0.3 is 0 Å². The third-order valence-electron chi connectivity index (χ3n) is 2.89. The second kappa shape index (κ2) is 7.04. The molecule has 0 spiro atoms. The third kappa shape index (κ3) is 3.70. The van der Waals surface area contributed by atoms with Gasteiger partial charge in [0.15, 0.2) is 0 Å². The van der Waals surface area contributed by atoms with Crippen molar-refractivity contribution in [1.29, 1.82) is 0 Å². The van der Waals surface area contributed by atoms with Gasteiger partial charge in [0.1, 0.15) is 4.21 Å². The van der Waals surface area contributed by atoms with Gasteiger partial charge in [-0.3, -0.25) is 0 Å². The summed E-state index contributed by atoms with van der Waals surface area (Å²) in [4.78, 5) is 0.899. The number of sulfonamides is 1. The molecule has 110 valence electrons. The summed E-state index contributed by atoms with van der Waals surface area (Å²) in [6.07, 6.45) is 0. The van der Waals surface area contributed by atoms with Crippen molar-refractivity contribution in [3.8, 4) is 0 Å². The summed E-state index contributed by atoms with van der Waals surface area (Å²) in [5, 5.41) is 0. The molecule has 4 nitrogen and oxygen atoms in total. The number of rotatable bonds is 7. The van der Waals surface area contributed by atoms with Crippen molar-refractivity contribution in [2.45, 2.75) is 36.9 Å². The lowest BCUT2D eigenvalue weighted by molar-refractivity contribution is 0.143. The SMILES string of the molecule is CCN(C(C)COC)S(=O)(=O)c1cc(C)c(CCl)s1. The Morgan fingerprint density at radius 2 is 2.16 bits per heavy atom. The van der Waals surface area contributed by atoms with Crippen LogP contribution in [0.3, 0.4) is 0 Å². The molecule has 1 unspecified atom stereocenters. The standard InChI is InChI=1S/C12H20ClNO3S2/c1-5-14(10(3)8-17-4)19(15,16)12-6-9(2)11(7-13)18-12/h6,10H,5,7-8H2,1-4H3. The molecule has 0 amide bonds. The summed E-state index contributed by atoms with van der Waals surface area (Å²) in [6, 6.07) is 1.50. The molecule has 0 N–H and O–H groups in total. The number of likely N-dealkylation sites (N-methyl/N-ethyl adjacent to an activating group) is 1. The number of alkyl halides is 1. The molecular formula is C12H20ClNO3S2. The summed E-state index contributed by atoms with van der Waals surface area (Å²) >= 11 is 7.05. The van der Waals surface area contributed by atoms with Crippen molar-refractivity contribution >= 4 is 33.0 Å². The maximum absolute atomic E-state index is 12.6. The molecule has 1 aromatic heterocycles. The lowest BCUT2D eigenvalue weighted by atomic mass is 10.3. The lowest BCUT2D eigenvalue weighted by Gasteiger charge is -2.25. The van der Waals surface area contributed by atoms with Crippen LogP contribution in [0, 0.1) is 6.92 Å². The molecule has 1 rings (SSSR count). The molecule has 0 aliphatic heterocycles. The van der Waals surface area contributed by atoms with Crippen molar-refractivity contribution in [2.24, 2.45) is 0 Å². The lowest BCUT2D eigenvalue weighted by Crippen LogP contribution is -2.40. The van der Waals surface area contributed by atoms with Crippen LogP contribution in [0.4, 0.5) is 0 Å². The number of nitrogens with zero attached hydrogens (tertiary/aromatic N) is 1. The normalized spacial score (nSPS) is 14.0. The molecule has 1 heterocycles. The first-order valence-corrected chi connectivity index (χ1v) is 8.83. The number of ether oxygens (including phenoxy) is 1. The fraction of sp³-hybridized carbons (Fsp3) is 0.667. The number of hydrogen-bond donors (Lipinski definition) is 0. The van der Waals surface area contributed by atoms with Gasteiger partial charge in [-0.2, -0.15) is 4.31 Å². The zero-order valence-electron chi connectivity index (χ0n) is 11.6. The van der Waals surface area contributed by atoms with E-state index in [1.807, 2.05) is 20.8 Å². The van der Waals surface area contributed by atoms with Gasteiger partial charge in [0, 0.05) is 24.6 Å². The zero-order valence-corrected chi connectivity index (χ0v) is 14.0. The van der Waals surface area contributed by atoms with Gasteiger partial charge in [-0.25, -0.2) is 8.42 Å². The van der Waals surface area contributed by atoms with Crippen LogP contribution >= 0.6 is 22.9 Å². The van der Waals surface area contributed by atoms with E-state index in [4.69, 9.17) is 16.3 Å². The second-order valence-electron chi connectivity index (χ2n) is 4.32. The summed E-state index contributed by atoms with van der Waals surface area (Å²) < 4.78 is 32.1. The van der Waals surface area contributed by atoms with E-state index < -0.39 is 10.0 Å². The van der Waals surface area contributed by atoms with Crippen LogP contribution in [0.5, 0.6) is 0 Å². The number of methoxy groups -OCH3 is 1. The van der Waals surface area contributed by atoms with Crippen molar-refractivity contribution in [1.82, 2.24) is 4.31 Å². The minimum atomic E-state index is -3.47. The van der Waals surface area contributed by atoms with E-state index in [9.17, 15) is 8.42 Å². The van der Waals surface area contributed by atoms with Crippen molar-refractivity contribution in [3.05, 3.63) is 16.5 Å². The summed E-state index contributed by atoms with van der Waals surface area (Å²) in [6.45, 7) is 6.34. The van der Waals surface area contributed by atoms with Crippen molar-refractivity contribution in [2.75, 3.05) is 20.3 Å². The maximum Gasteiger partial charge on any atom is 0.252 e. The van der Waals surface area contributed by atoms with E-state index in [0.29, 0.717) is 23.2 Å². The summed E-state index contributed by atoms with van der Waals surface area (Å²) in [7, 11) is -1.90. The van der Waals surface area contributed by atoms with Crippen LogP contribution in [0.1, 0.15) is 24.3 Å². The first-order chi connectivity index (χ1) is 8.88. The highest BCUT2D eigenvalue weighted by molar-refractivity contribution is 7.91. The van der Waals surface area contributed by atoms with Crippen LogP contribution in [0.25, 0.3) is 0 Å². The fourth-order valence-electron chi connectivity index (χ4n) is 1.91. The Labute approximate surface area is 124 Å². The Hall–Kier alpha value is -0.140. The number of thiophene rings is 1.